The average molecular weight is 209 g/mol. The second-order valence-electron chi connectivity index (χ2n) is 4.28. The van der Waals surface area contributed by atoms with Crippen LogP contribution in [0.4, 0.5) is 5.95 Å². The SMILES string of the molecule is CN1CCN(Cc2cn(C)c(N)n2)CC1. The number of rotatable bonds is 2. The highest BCUT2D eigenvalue weighted by atomic mass is 15.3. The maximum Gasteiger partial charge on any atom is 0.200 e. The van der Waals surface area contributed by atoms with Crippen LogP contribution in [0.1, 0.15) is 5.69 Å². The van der Waals surface area contributed by atoms with E-state index in [4.69, 9.17) is 5.73 Å². The Morgan fingerprint density at radius 3 is 2.47 bits per heavy atom. The second kappa shape index (κ2) is 4.20. The van der Waals surface area contributed by atoms with Gasteiger partial charge in [-0.3, -0.25) is 4.90 Å². The third-order valence-electron chi connectivity index (χ3n) is 2.94. The number of aromatic nitrogens is 2. The monoisotopic (exact) mass is 209 g/mol. The van der Waals surface area contributed by atoms with Crippen molar-refractivity contribution in [2.75, 3.05) is 39.0 Å². The predicted octanol–water partition coefficient (Wildman–Crippen LogP) is -0.250. The summed E-state index contributed by atoms with van der Waals surface area (Å²) in [6.07, 6.45) is 2.01. The summed E-state index contributed by atoms with van der Waals surface area (Å²) in [5.74, 6) is 0.596. The summed E-state index contributed by atoms with van der Waals surface area (Å²) in [6, 6.07) is 0. The number of piperazine rings is 1. The van der Waals surface area contributed by atoms with Gasteiger partial charge in [0, 0.05) is 46.0 Å². The van der Waals surface area contributed by atoms with Gasteiger partial charge in [0.15, 0.2) is 5.95 Å². The smallest absolute Gasteiger partial charge is 0.200 e. The van der Waals surface area contributed by atoms with Crippen LogP contribution in [0.25, 0.3) is 0 Å². The zero-order valence-electron chi connectivity index (χ0n) is 9.48. The Kier molecular flexibility index (Phi) is 2.93. The Bertz CT molecular complexity index is 305. The molecule has 1 aromatic rings. The van der Waals surface area contributed by atoms with E-state index in [0.29, 0.717) is 5.95 Å². The molecule has 2 rings (SSSR count). The van der Waals surface area contributed by atoms with Crippen LogP contribution in [0.3, 0.4) is 0 Å². The lowest BCUT2D eigenvalue weighted by atomic mass is 10.3. The van der Waals surface area contributed by atoms with Gasteiger partial charge >= 0.3 is 0 Å². The predicted molar refractivity (Wildman–Crippen MR) is 60.4 cm³/mol. The molecule has 0 bridgehead atoms. The fraction of sp³-hybridized carbons (Fsp3) is 0.700. The molecule has 0 saturated carbocycles. The van der Waals surface area contributed by atoms with Crippen molar-refractivity contribution in [3.8, 4) is 0 Å². The normalized spacial score (nSPS) is 19.6. The molecule has 5 heteroatoms. The summed E-state index contributed by atoms with van der Waals surface area (Å²) in [7, 11) is 4.09. The molecule has 0 spiro atoms. The van der Waals surface area contributed by atoms with Gasteiger partial charge in [-0.25, -0.2) is 4.98 Å². The number of aryl methyl sites for hydroxylation is 1. The van der Waals surface area contributed by atoms with Gasteiger partial charge in [-0.05, 0) is 7.05 Å². The highest BCUT2D eigenvalue weighted by Gasteiger charge is 2.15. The first kappa shape index (κ1) is 10.4. The third-order valence-corrected chi connectivity index (χ3v) is 2.94. The van der Waals surface area contributed by atoms with Crippen LogP contribution in [0.2, 0.25) is 0 Å². The van der Waals surface area contributed by atoms with Gasteiger partial charge in [0.05, 0.1) is 5.69 Å². The summed E-state index contributed by atoms with van der Waals surface area (Å²) in [4.78, 5) is 9.08. The van der Waals surface area contributed by atoms with E-state index in [-0.39, 0.29) is 0 Å². The van der Waals surface area contributed by atoms with Crippen molar-refractivity contribution < 1.29 is 0 Å². The minimum Gasteiger partial charge on any atom is -0.369 e. The average Bonchev–Trinajstić information content (AvgIpc) is 2.50. The number of hydrogen-bond acceptors (Lipinski definition) is 4. The molecule has 2 heterocycles. The fourth-order valence-electron chi connectivity index (χ4n) is 1.86. The standard InChI is InChI=1S/C10H19N5/c1-13-3-5-15(6-4-13)8-9-7-14(2)10(11)12-9/h7H,3-6,8H2,1-2H3,(H2,11,12). The van der Waals surface area contributed by atoms with Crippen LogP contribution >= 0.6 is 0 Å². The summed E-state index contributed by atoms with van der Waals surface area (Å²) in [5, 5.41) is 0. The number of nitrogen functional groups attached to an aromatic ring is 1. The van der Waals surface area contributed by atoms with Crippen molar-refractivity contribution in [3.63, 3.8) is 0 Å². The lowest BCUT2D eigenvalue weighted by molar-refractivity contribution is 0.147. The van der Waals surface area contributed by atoms with Gasteiger partial charge in [-0.15, -0.1) is 0 Å². The number of anilines is 1. The molecule has 1 aliphatic rings. The maximum absolute atomic E-state index is 5.69. The van der Waals surface area contributed by atoms with E-state index in [1.807, 2.05) is 17.8 Å². The summed E-state index contributed by atoms with van der Waals surface area (Å²) in [5.41, 5.74) is 6.76. The van der Waals surface area contributed by atoms with Gasteiger partial charge in [-0.1, -0.05) is 0 Å². The number of nitrogens with zero attached hydrogens (tertiary/aromatic N) is 4. The zero-order chi connectivity index (χ0) is 10.8. The van der Waals surface area contributed by atoms with Crippen LogP contribution < -0.4 is 5.73 Å². The number of likely N-dealkylation sites (N-methyl/N-ethyl adjacent to an activating group) is 1. The molecular formula is C10H19N5. The lowest BCUT2D eigenvalue weighted by Crippen LogP contribution is -2.43. The van der Waals surface area contributed by atoms with Crippen LogP contribution in [0.5, 0.6) is 0 Å². The van der Waals surface area contributed by atoms with Gasteiger partial charge in [0.2, 0.25) is 0 Å². The quantitative estimate of drug-likeness (QED) is 0.730. The topological polar surface area (TPSA) is 50.3 Å². The maximum atomic E-state index is 5.69. The van der Waals surface area contributed by atoms with Crippen LogP contribution in [0, 0.1) is 0 Å². The van der Waals surface area contributed by atoms with Crippen LogP contribution in [-0.2, 0) is 13.6 Å². The second-order valence-corrected chi connectivity index (χ2v) is 4.28. The van der Waals surface area contributed by atoms with Gasteiger partial charge in [0.25, 0.3) is 0 Å². The minimum absolute atomic E-state index is 0.596. The van der Waals surface area contributed by atoms with Gasteiger partial charge < -0.3 is 15.2 Å². The zero-order valence-corrected chi connectivity index (χ0v) is 9.48. The molecular weight excluding hydrogens is 190 g/mol. The van der Waals surface area contributed by atoms with Crippen LogP contribution in [-0.4, -0.2) is 52.6 Å². The minimum atomic E-state index is 0.596. The van der Waals surface area contributed by atoms with Crippen molar-refractivity contribution in [1.82, 2.24) is 19.4 Å². The van der Waals surface area contributed by atoms with E-state index in [9.17, 15) is 0 Å². The first-order valence-electron chi connectivity index (χ1n) is 5.34. The molecule has 1 fully saturated rings. The molecule has 1 saturated heterocycles. The highest BCUT2D eigenvalue weighted by Crippen LogP contribution is 2.08. The van der Waals surface area contributed by atoms with E-state index < -0.39 is 0 Å². The molecule has 0 atom stereocenters. The first-order valence-corrected chi connectivity index (χ1v) is 5.34. The molecule has 1 aliphatic heterocycles. The van der Waals surface area contributed by atoms with E-state index in [1.54, 1.807) is 0 Å². The fourth-order valence-corrected chi connectivity index (χ4v) is 1.86. The van der Waals surface area contributed by atoms with E-state index in [0.717, 1.165) is 38.4 Å². The number of nitrogens with two attached hydrogens (primary N) is 1. The largest absolute Gasteiger partial charge is 0.369 e. The summed E-state index contributed by atoms with van der Waals surface area (Å²) < 4.78 is 1.87. The van der Waals surface area contributed by atoms with E-state index in [1.165, 1.54) is 0 Å². The molecule has 5 nitrogen and oxygen atoms in total. The lowest BCUT2D eigenvalue weighted by Gasteiger charge is -2.31. The molecule has 0 aliphatic carbocycles. The molecule has 0 amide bonds. The van der Waals surface area contributed by atoms with Crippen molar-refractivity contribution >= 4 is 5.95 Å². The molecule has 84 valence electrons. The molecule has 0 unspecified atom stereocenters. The van der Waals surface area contributed by atoms with Gasteiger partial charge in [-0.2, -0.15) is 0 Å². The van der Waals surface area contributed by atoms with Crippen molar-refractivity contribution in [2.24, 2.45) is 7.05 Å². The van der Waals surface area contributed by atoms with Crippen molar-refractivity contribution in [2.45, 2.75) is 6.54 Å². The Hall–Kier alpha value is -1.07. The highest BCUT2D eigenvalue weighted by molar-refractivity contribution is 5.21. The number of imidazole rings is 1. The van der Waals surface area contributed by atoms with Crippen LogP contribution in [0.15, 0.2) is 6.20 Å². The molecule has 0 aromatic carbocycles. The van der Waals surface area contributed by atoms with Crippen molar-refractivity contribution in [3.05, 3.63) is 11.9 Å². The first-order chi connectivity index (χ1) is 7.15. The summed E-state index contributed by atoms with van der Waals surface area (Å²) >= 11 is 0. The summed E-state index contributed by atoms with van der Waals surface area (Å²) in [6.45, 7) is 5.43. The molecule has 1 aromatic heterocycles. The molecule has 15 heavy (non-hydrogen) atoms. The van der Waals surface area contributed by atoms with Gasteiger partial charge in [0.1, 0.15) is 0 Å². The molecule has 0 radical (unpaired) electrons. The van der Waals surface area contributed by atoms with E-state index >= 15 is 0 Å². The number of hydrogen-bond donors (Lipinski definition) is 1. The third kappa shape index (κ3) is 2.49. The Labute approximate surface area is 90.5 Å². The van der Waals surface area contributed by atoms with Crippen molar-refractivity contribution in [1.29, 1.82) is 0 Å². The van der Waals surface area contributed by atoms with E-state index in [2.05, 4.69) is 21.8 Å². The Morgan fingerprint density at radius 2 is 1.93 bits per heavy atom. The molecule has 2 N–H and O–H groups in total. The Balaban J connectivity index is 1.91. The Morgan fingerprint density at radius 1 is 1.27 bits per heavy atom.